The molecule has 4 heteroatoms. The fourth-order valence-electron chi connectivity index (χ4n) is 2.34. The third-order valence-corrected chi connectivity index (χ3v) is 3.38. The second-order valence-corrected chi connectivity index (χ2v) is 4.80. The molecular formula is C16H12F2O2. The summed E-state index contributed by atoms with van der Waals surface area (Å²) >= 11 is 0. The molecule has 1 aliphatic heterocycles. The Morgan fingerprint density at radius 2 is 2.00 bits per heavy atom. The lowest BCUT2D eigenvalue weighted by atomic mass is 10.0. The van der Waals surface area contributed by atoms with E-state index in [-0.39, 0.29) is 17.8 Å². The molecule has 1 heterocycles. The number of hydrogen-bond acceptors (Lipinski definition) is 2. The Hall–Kier alpha value is -2.23. The highest BCUT2D eigenvalue weighted by molar-refractivity contribution is 5.86. The van der Waals surface area contributed by atoms with Crippen molar-refractivity contribution in [3.63, 3.8) is 0 Å². The van der Waals surface area contributed by atoms with Crippen LogP contribution in [0.4, 0.5) is 8.78 Å². The molecule has 2 nitrogen and oxygen atoms in total. The van der Waals surface area contributed by atoms with Crippen LogP contribution in [0.25, 0.3) is 0 Å². The number of para-hydroxylation sites is 1. The number of halogens is 2. The van der Waals surface area contributed by atoms with Crippen molar-refractivity contribution in [2.24, 2.45) is 0 Å². The molecule has 0 N–H and O–H groups in total. The molecule has 0 aromatic heterocycles. The van der Waals surface area contributed by atoms with E-state index in [4.69, 9.17) is 4.74 Å². The fraction of sp³-hybridized carbons (Fsp3) is 0.188. The standard InChI is InChI=1S/C16H12F2O2/c17-12-5-6-13(18)11(7-12)8-14(19)16-9-10-3-1-2-4-15(10)20-16/h1-7,16H,8-9H2. The molecule has 0 saturated carbocycles. The van der Waals surface area contributed by atoms with Crippen LogP contribution in [-0.4, -0.2) is 11.9 Å². The van der Waals surface area contributed by atoms with Gasteiger partial charge in [-0.05, 0) is 35.4 Å². The van der Waals surface area contributed by atoms with Gasteiger partial charge in [0.2, 0.25) is 0 Å². The number of Topliss-reactive ketones (excluding diaryl/α,β-unsaturated/α-hetero) is 1. The molecule has 0 saturated heterocycles. The zero-order valence-electron chi connectivity index (χ0n) is 10.6. The number of ether oxygens (including phenoxy) is 1. The average molecular weight is 274 g/mol. The first-order valence-electron chi connectivity index (χ1n) is 6.34. The van der Waals surface area contributed by atoms with Crippen molar-refractivity contribution >= 4 is 5.78 Å². The highest BCUT2D eigenvalue weighted by Crippen LogP contribution is 2.29. The number of hydrogen-bond donors (Lipinski definition) is 0. The summed E-state index contributed by atoms with van der Waals surface area (Å²) in [5, 5.41) is 0. The van der Waals surface area contributed by atoms with Crippen molar-refractivity contribution in [3.05, 3.63) is 65.2 Å². The van der Waals surface area contributed by atoms with Gasteiger partial charge in [0.25, 0.3) is 0 Å². The maximum Gasteiger partial charge on any atom is 0.178 e. The quantitative estimate of drug-likeness (QED) is 0.859. The van der Waals surface area contributed by atoms with Gasteiger partial charge in [-0.3, -0.25) is 4.79 Å². The number of carbonyl (C=O) groups is 1. The first-order chi connectivity index (χ1) is 9.63. The van der Waals surface area contributed by atoms with Crippen molar-refractivity contribution in [1.82, 2.24) is 0 Å². The molecule has 0 bridgehead atoms. The number of carbonyl (C=O) groups excluding carboxylic acids is 1. The van der Waals surface area contributed by atoms with Crippen LogP contribution in [0.3, 0.4) is 0 Å². The van der Waals surface area contributed by atoms with Crippen molar-refractivity contribution < 1.29 is 18.3 Å². The van der Waals surface area contributed by atoms with Gasteiger partial charge in [-0.2, -0.15) is 0 Å². The highest BCUT2D eigenvalue weighted by atomic mass is 19.1. The summed E-state index contributed by atoms with van der Waals surface area (Å²) in [6.45, 7) is 0. The van der Waals surface area contributed by atoms with Crippen molar-refractivity contribution in [1.29, 1.82) is 0 Å². The SMILES string of the molecule is O=C(Cc1cc(F)ccc1F)C1Cc2ccccc2O1. The van der Waals surface area contributed by atoms with Gasteiger partial charge in [-0.25, -0.2) is 8.78 Å². The number of rotatable bonds is 3. The molecule has 0 aliphatic carbocycles. The largest absolute Gasteiger partial charge is 0.482 e. The smallest absolute Gasteiger partial charge is 0.178 e. The molecule has 102 valence electrons. The second-order valence-electron chi connectivity index (χ2n) is 4.80. The van der Waals surface area contributed by atoms with Crippen molar-refractivity contribution in [3.8, 4) is 5.75 Å². The summed E-state index contributed by atoms with van der Waals surface area (Å²) in [4.78, 5) is 12.1. The van der Waals surface area contributed by atoms with Gasteiger partial charge in [-0.15, -0.1) is 0 Å². The summed E-state index contributed by atoms with van der Waals surface area (Å²) in [6, 6.07) is 10.5. The maximum absolute atomic E-state index is 13.5. The fourth-order valence-corrected chi connectivity index (χ4v) is 2.34. The van der Waals surface area contributed by atoms with E-state index in [2.05, 4.69) is 0 Å². The van der Waals surface area contributed by atoms with Crippen molar-refractivity contribution in [2.45, 2.75) is 18.9 Å². The minimum absolute atomic E-state index is 0.0644. The third kappa shape index (κ3) is 2.41. The Labute approximate surface area is 115 Å². The highest BCUT2D eigenvalue weighted by Gasteiger charge is 2.29. The summed E-state index contributed by atoms with van der Waals surface area (Å²) in [7, 11) is 0. The van der Waals surface area contributed by atoms with Crippen LogP contribution in [0.5, 0.6) is 5.75 Å². The van der Waals surface area contributed by atoms with Crippen LogP contribution in [0.2, 0.25) is 0 Å². The molecule has 0 amide bonds. The van der Waals surface area contributed by atoms with Crippen LogP contribution in [0.15, 0.2) is 42.5 Å². The molecule has 0 spiro atoms. The molecule has 20 heavy (non-hydrogen) atoms. The maximum atomic E-state index is 13.5. The lowest BCUT2D eigenvalue weighted by molar-refractivity contribution is -0.124. The average Bonchev–Trinajstić information content (AvgIpc) is 2.87. The van der Waals surface area contributed by atoms with E-state index in [0.717, 1.165) is 23.8 Å². The zero-order valence-corrected chi connectivity index (χ0v) is 10.6. The van der Waals surface area contributed by atoms with E-state index in [0.29, 0.717) is 12.2 Å². The zero-order chi connectivity index (χ0) is 14.1. The van der Waals surface area contributed by atoms with E-state index in [1.807, 2.05) is 18.2 Å². The van der Waals surface area contributed by atoms with E-state index >= 15 is 0 Å². The van der Waals surface area contributed by atoms with Crippen molar-refractivity contribution in [2.75, 3.05) is 0 Å². The minimum atomic E-state index is -0.616. The predicted molar refractivity (Wildman–Crippen MR) is 69.6 cm³/mol. The van der Waals surface area contributed by atoms with Gasteiger partial charge in [0.15, 0.2) is 11.9 Å². The topological polar surface area (TPSA) is 26.3 Å². The van der Waals surface area contributed by atoms with Crippen LogP contribution in [0.1, 0.15) is 11.1 Å². The summed E-state index contributed by atoms with van der Waals surface area (Å²) in [5.41, 5.74) is 1.03. The monoisotopic (exact) mass is 274 g/mol. The Morgan fingerprint density at radius 3 is 2.80 bits per heavy atom. The Balaban J connectivity index is 1.74. The van der Waals surface area contributed by atoms with Gasteiger partial charge in [-0.1, -0.05) is 18.2 Å². The number of benzene rings is 2. The lowest BCUT2D eigenvalue weighted by Gasteiger charge is -2.10. The number of ketones is 1. The number of fused-ring (bicyclic) bond motifs is 1. The van der Waals surface area contributed by atoms with Gasteiger partial charge in [0.05, 0.1) is 0 Å². The Bertz CT molecular complexity index is 642. The summed E-state index contributed by atoms with van der Waals surface area (Å²) in [6.07, 6.45) is -0.302. The molecule has 1 aliphatic rings. The summed E-state index contributed by atoms with van der Waals surface area (Å²) in [5.74, 6) is -0.684. The molecule has 3 rings (SSSR count). The molecule has 2 aromatic carbocycles. The Kier molecular flexibility index (Phi) is 3.22. The second kappa shape index (κ2) is 5.04. The molecule has 1 atom stereocenters. The van der Waals surface area contributed by atoms with E-state index < -0.39 is 17.7 Å². The molecule has 0 radical (unpaired) electrons. The van der Waals surface area contributed by atoms with Crippen LogP contribution in [-0.2, 0) is 17.6 Å². The van der Waals surface area contributed by atoms with Crippen LogP contribution < -0.4 is 4.74 Å². The molecule has 0 fully saturated rings. The van der Waals surface area contributed by atoms with Crippen LogP contribution in [0, 0.1) is 11.6 Å². The predicted octanol–water partition coefficient (Wildman–Crippen LogP) is 3.08. The first-order valence-corrected chi connectivity index (χ1v) is 6.34. The van der Waals surface area contributed by atoms with Gasteiger partial charge < -0.3 is 4.74 Å². The van der Waals surface area contributed by atoms with Gasteiger partial charge in [0.1, 0.15) is 17.4 Å². The van der Waals surface area contributed by atoms with E-state index in [1.165, 1.54) is 0 Å². The lowest BCUT2D eigenvalue weighted by Crippen LogP contribution is -2.27. The van der Waals surface area contributed by atoms with Gasteiger partial charge in [0, 0.05) is 12.8 Å². The minimum Gasteiger partial charge on any atom is -0.482 e. The molecule has 2 aromatic rings. The van der Waals surface area contributed by atoms with Gasteiger partial charge >= 0.3 is 0 Å². The molecule has 1 unspecified atom stereocenters. The van der Waals surface area contributed by atoms with E-state index in [1.54, 1.807) is 6.07 Å². The first kappa shape index (κ1) is 12.8. The van der Waals surface area contributed by atoms with Crippen LogP contribution >= 0.6 is 0 Å². The molecular weight excluding hydrogens is 262 g/mol. The normalized spacial score (nSPS) is 16.6. The Morgan fingerprint density at radius 1 is 1.20 bits per heavy atom. The third-order valence-electron chi connectivity index (χ3n) is 3.38. The summed E-state index contributed by atoms with van der Waals surface area (Å²) < 4.78 is 32.1. The van der Waals surface area contributed by atoms with E-state index in [9.17, 15) is 13.6 Å².